The van der Waals surface area contributed by atoms with Crippen molar-refractivity contribution in [1.29, 1.82) is 0 Å². The van der Waals surface area contributed by atoms with E-state index >= 15 is 0 Å². The summed E-state index contributed by atoms with van der Waals surface area (Å²) >= 11 is 3.42. The number of halogens is 1. The van der Waals surface area contributed by atoms with Crippen molar-refractivity contribution in [3.8, 4) is 5.75 Å². The van der Waals surface area contributed by atoms with E-state index in [1.165, 1.54) is 6.08 Å². The van der Waals surface area contributed by atoms with E-state index in [0.29, 0.717) is 4.47 Å². The lowest BCUT2D eigenvalue weighted by Gasteiger charge is -2.08. The van der Waals surface area contributed by atoms with Gasteiger partial charge < -0.3 is 4.18 Å². The molecule has 3 nitrogen and oxygen atoms in total. The van der Waals surface area contributed by atoms with Crippen LogP contribution in [0.2, 0.25) is 0 Å². The van der Waals surface area contributed by atoms with Gasteiger partial charge in [-0.15, -0.1) is 0 Å². The second-order valence-electron chi connectivity index (χ2n) is 4.89. The van der Waals surface area contributed by atoms with Gasteiger partial charge in [0.05, 0.1) is 9.88 Å². The molecule has 0 aliphatic carbocycles. The highest BCUT2D eigenvalue weighted by Crippen LogP contribution is 2.34. The van der Waals surface area contributed by atoms with Crippen LogP contribution in [0.5, 0.6) is 5.75 Å². The lowest BCUT2D eigenvalue weighted by molar-refractivity contribution is 0.496. The summed E-state index contributed by atoms with van der Waals surface area (Å²) in [4.78, 5) is 0. The largest absolute Gasteiger partial charge is 0.378 e. The molecule has 3 aromatic rings. The number of benzene rings is 3. The van der Waals surface area contributed by atoms with Gasteiger partial charge in [0.15, 0.2) is 5.75 Å². The first kappa shape index (κ1) is 15.8. The summed E-state index contributed by atoms with van der Waals surface area (Å²) in [6.45, 7) is 0. The first-order chi connectivity index (χ1) is 11.1. The maximum atomic E-state index is 12.1. The summed E-state index contributed by atoms with van der Waals surface area (Å²) in [5.74, 6) is 0.265. The summed E-state index contributed by atoms with van der Waals surface area (Å²) in [5.41, 5.74) is 0.789. The van der Waals surface area contributed by atoms with Crippen LogP contribution in [0.15, 0.2) is 76.6 Å². The zero-order valence-electron chi connectivity index (χ0n) is 12.0. The topological polar surface area (TPSA) is 43.4 Å². The molecule has 0 N–H and O–H groups in total. The molecule has 0 aliphatic heterocycles. The molecular formula is C18H13BrO3S. The van der Waals surface area contributed by atoms with Crippen molar-refractivity contribution in [3.05, 3.63) is 82.2 Å². The van der Waals surface area contributed by atoms with Crippen molar-refractivity contribution >= 4 is 42.9 Å². The maximum Gasteiger partial charge on any atom is 0.332 e. The first-order valence-corrected chi connectivity index (χ1v) is 9.16. The van der Waals surface area contributed by atoms with Gasteiger partial charge in [0.1, 0.15) is 0 Å². The molecule has 0 amide bonds. The predicted octanol–water partition coefficient (Wildman–Crippen LogP) is 4.98. The van der Waals surface area contributed by atoms with Crippen molar-refractivity contribution in [2.75, 3.05) is 0 Å². The molecule has 0 fully saturated rings. The van der Waals surface area contributed by atoms with E-state index in [9.17, 15) is 8.42 Å². The van der Waals surface area contributed by atoms with Gasteiger partial charge in [-0.05, 0) is 44.4 Å². The highest BCUT2D eigenvalue weighted by Gasteiger charge is 2.13. The molecule has 0 radical (unpaired) electrons. The average molecular weight is 389 g/mol. The number of fused-ring (bicyclic) bond motifs is 1. The molecule has 5 heteroatoms. The molecule has 0 atom stereocenters. The van der Waals surface area contributed by atoms with Crippen LogP contribution in [0, 0.1) is 0 Å². The van der Waals surface area contributed by atoms with Crippen LogP contribution in [0.1, 0.15) is 5.56 Å². The average Bonchev–Trinajstić information content (AvgIpc) is 2.57. The van der Waals surface area contributed by atoms with E-state index in [0.717, 1.165) is 21.7 Å². The Kier molecular flexibility index (Phi) is 4.50. The molecule has 23 heavy (non-hydrogen) atoms. The highest BCUT2D eigenvalue weighted by atomic mass is 79.9. The second kappa shape index (κ2) is 6.56. The van der Waals surface area contributed by atoms with E-state index < -0.39 is 10.1 Å². The van der Waals surface area contributed by atoms with Crippen molar-refractivity contribution < 1.29 is 12.6 Å². The summed E-state index contributed by atoms with van der Waals surface area (Å²) in [7, 11) is -3.83. The van der Waals surface area contributed by atoms with Crippen LogP contribution in [0.3, 0.4) is 0 Å². The maximum absolute atomic E-state index is 12.1. The Bertz CT molecular complexity index is 964. The zero-order chi connectivity index (χ0) is 16.3. The third kappa shape index (κ3) is 3.81. The van der Waals surface area contributed by atoms with Crippen molar-refractivity contribution in [1.82, 2.24) is 0 Å². The standard InChI is InChI=1S/C18H13BrO3S/c19-18-16-9-5-4-8-15(16)10-11-17(18)22-23(20,21)13-12-14-6-2-1-3-7-14/h1-13H/b13-12+. The monoisotopic (exact) mass is 388 g/mol. The summed E-state index contributed by atoms with van der Waals surface area (Å²) in [6.07, 6.45) is 1.50. The van der Waals surface area contributed by atoms with E-state index in [1.807, 2.05) is 60.7 Å². The van der Waals surface area contributed by atoms with Crippen LogP contribution in [0.25, 0.3) is 16.8 Å². The molecule has 0 aliphatic rings. The number of hydrogen-bond acceptors (Lipinski definition) is 3. The SMILES string of the molecule is O=S(=O)(/C=C/c1ccccc1)Oc1ccc2ccccc2c1Br. The Balaban J connectivity index is 1.89. The number of rotatable bonds is 4. The van der Waals surface area contributed by atoms with Gasteiger partial charge in [-0.2, -0.15) is 8.42 Å². The third-order valence-electron chi connectivity index (χ3n) is 3.26. The Morgan fingerprint density at radius 2 is 1.57 bits per heavy atom. The van der Waals surface area contributed by atoms with Gasteiger partial charge in [-0.25, -0.2) is 0 Å². The van der Waals surface area contributed by atoms with Crippen LogP contribution >= 0.6 is 15.9 Å². The van der Waals surface area contributed by atoms with Crippen LogP contribution in [-0.2, 0) is 10.1 Å². The van der Waals surface area contributed by atoms with Gasteiger partial charge in [0.2, 0.25) is 0 Å². The van der Waals surface area contributed by atoms with E-state index in [1.54, 1.807) is 6.07 Å². The Morgan fingerprint density at radius 3 is 2.35 bits per heavy atom. The van der Waals surface area contributed by atoms with Gasteiger partial charge in [0, 0.05) is 0 Å². The van der Waals surface area contributed by atoms with Gasteiger partial charge in [0.25, 0.3) is 0 Å². The van der Waals surface area contributed by atoms with Crippen LogP contribution in [0.4, 0.5) is 0 Å². The molecule has 0 saturated heterocycles. The zero-order valence-corrected chi connectivity index (χ0v) is 14.4. The normalized spacial score (nSPS) is 11.9. The van der Waals surface area contributed by atoms with Crippen molar-refractivity contribution in [3.63, 3.8) is 0 Å². The first-order valence-electron chi connectivity index (χ1n) is 6.90. The molecule has 0 saturated carbocycles. The molecule has 0 heterocycles. The minimum Gasteiger partial charge on any atom is -0.378 e. The fourth-order valence-electron chi connectivity index (χ4n) is 2.16. The molecular weight excluding hydrogens is 376 g/mol. The lowest BCUT2D eigenvalue weighted by atomic mass is 10.1. The lowest BCUT2D eigenvalue weighted by Crippen LogP contribution is -2.05. The van der Waals surface area contributed by atoms with Crippen LogP contribution in [-0.4, -0.2) is 8.42 Å². The molecule has 116 valence electrons. The van der Waals surface area contributed by atoms with E-state index in [-0.39, 0.29) is 5.75 Å². The van der Waals surface area contributed by atoms with Crippen molar-refractivity contribution in [2.24, 2.45) is 0 Å². The van der Waals surface area contributed by atoms with Crippen molar-refractivity contribution in [2.45, 2.75) is 0 Å². The number of hydrogen-bond donors (Lipinski definition) is 0. The molecule has 3 rings (SSSR count). The quantitative estimate of drug-likeness (QED) is 0.591. The smallest absolute Gasteiger partial charge is 0.332 e. The summed E-state index contributed by atoms with van der Waals surface area (Å²) in [5, 5.41) is 2.96. The Morgan fingerprint density at radius 1 is 0.870 bits per heavy atom. The minimum absolute atomic E-state index is 0.265. The Hall–Kier alpha value is -2.11. The minimum atomic E-state index is -3.83. The molecule has 0 unspecified atom stereocenters. The summed E-state index contributed by atoms with van der Waals surface area (Å²) < 4.78 is 30.1. The fraction of sp³-hybridized carbons (Fsp3) is 0. The van der Waals surface area contributed by atoms with Crippen LogP contribution < -0.4 is 4.18 Å². The van der Waals surface area contributed by atoms with Gasteiger partial charge in [-0.1, -0.05) is 60.7 Å². The van der Waals surface area contributed by atoms with E-state index in [4.69, 9.17) is 4.18 Å². The highest BCUT2D eigenvalue weighted by molar-refractivity contribution is 9.10. The summed E-state index contributed by atoms with van der Waals surface area (Å²) in [6, 6.07) is 20.3. The van der Waals surface area contributed by atoms with Gasteiger partial charge >= 0.3 is 10.1 Å². The molecule has 3 aromatic carbocycles. The third-order valence-corrected chi connectivity index (χ3v) is 4.96. The second-order valence-corrected chi connectivity index (χ2v) is 7.11. The van der Waals surface area contributed by atoms with E-state index in [2.05, 4.69) is 15.9 Å². The Labute approximate surface area is 143 Å². The fourth-order valence-corrected chi connectivity index (χ4v) is 3.61. The molecule has 0 aromatic heterocycles. The van der Waals surface area contributed by atoms with Gasteiger partial charge in [-0.3, -0.25) is 0 Å². The molecule has 0 bridgehead atoms. The molecule has 0 spiro atoms. The predicted molar refractivity (Wildman–Crippen MR) is 96.7 cm³/mol.